The first-order valence-electron chi connectivity index (χ1n) is 5.93. The Bertz CT molecular complexity index is 565. The van der Waals surface area contributed by atoms with Crippen molar-refractivity contribution in [2.24, 2.45) is 0 Å². The van der Waals surface area contributed by atoms with E-state index in [-0.39, 0.29) is 11.7 Å². The molecule has 1 heterocycles. The number of hydrogen-bond donors (Lipinski definition) is 2. The van der Waals surface area contributed by atoms with Gasteiger partial charge in [-0.3, -0.25) is 9.89 Å². The van der Waals surface area contributed by atoms with Crippen LogP contribution in [0.2, 0.25) is 0 Å². The number of nitrogens with one attached hydrogen (secondary N) is 2. The lowest BCUT2D eigenvalue weighted by molar-refractivity contribution is 0.0940. The highest BCUT2D eigenvalue weighted by Gasteiger charge is 2.11. The van der Waals surface area contributed by atoms with Crippen molar-refractivity contribution in [3.05, 3.63) is 47.0 Å². The van der Waals surface area contributed by atoms with E-state index in [0.717, 1.165) is 11.1 Å². The van der Waals surface area contributed by atoms with Gasteiger partial charge in [-0.05, 0) is 18.1 Å². The molecule has 0 aliphatic carbocycles. The number of nitrogens with zero attached hydrogens (tertiary/aromatic N) is 2. The molecule has 0 aliphatic heterocycles. The van der Waals surface area contributed by atoms with Gasteiger partial charge in [0.15, 0.2) is 0 Å². The van der Waals surface area contributed by atoms with Gasteiger partial charge in [-0.15, -0.1) is 5.10 Å². The summed E-state index contributed by atoms with van der Waals surface area (Å²) in [7, 11) is 1.64. The number of amides is 1. The summed E-state index contributed by atoms with van der Waals surface area (Å²) in [5.41, 5.74) is 2.07. The molecule has 0 saturated heterocycles. The molecule has 6 nitrogen and oxygen atoms in total. The van der Waals surface area contributed by atoms with E-state index in [0.29, 0.717) is 19.0 Å². The molecule has 0 unspecified atom stereocenters. The molecule has 2 aromatic rings. The Morgan fingerprint density at radius 2 is 2.11 bits per heavy atom. The second kappa shape index (κ2) is 6.10. The van der Waals surface area contributed by atoms with Crippen LogP contribution in [-0.4, -0.2) is 28.2 Å². The molecule has 100 valence electrons. The molecule has 1 aromatic heterocycles. The molecule has 0 radical (unpaired) electrons. The van der Waals surface area contributed by atoms with Crippen molar-refractivity contribution < 1.29 is 9.53 Å². The van der Waals surface area contributed by atoms with Gasteiger partial charge in [0.2, 0.25) is 5.82 Å². The van der Waals surface area contributed by atoms with Gasteiger partial charge in [-0.1, -0.05) is 24.3 Å². The Hall–Kier alpha value is -2.21. The lowest BCUT2D eigenvalue weighted by Crippen LogP contribution is -2.24. The van der Waals surface area contributed by atoms with Gasteiger partial charge < -0.3 is 10.1 Å². The van der Waals surface area contributed by atoms with Crippen molar-refractivity contribution in [1.82, 2.24) is 20.5 Å². The number of hydrogen-bond acceptors (Lipinski definition) is 4. The third-order valence-electron chi connectivity index (χ3n) is 2.66. The zero-order chi connectivity index (χ0) is 13.7. The van der Waals surface area contributed by atoms with Crippen molar-refractivity contribution in [1.29, 1.82) is 0 Å². The summed E-state index contributed by atoms with van der Waals surface area (Å²) in [5, 5.41) is 9.24. The molecule has 0 spiro atoms. The number of aromatic amines is 1. The molecule has 2 rings (SSSR count). The third-order valence-corrected chi connectivity index (χ3v) is 2.66. The number of aromatic nitrogens is 3. The molecule has 1 amide bonds. The molecule has 2 N–H and O–H groups in total. The molecular weight excluding hydrogens is 244 g/mol. The van der Waals surface area contributed by atoms with Crippen LogP contribution in [0.15, 0.2) is 24.3 Å². The van der Waals surface area contributed by atoms with Gasteiger partial charge in [0.1, 0.15) is 5.82 Å². The van der Waals surface area contributed by atoms with Crippen LogP contribution in [0, 0.1) is 6.92 Å². The third kappa shape index (κ3) is 3.38. The molecule has 19 heavy (non-hydrogen) atoms. The Labute approximate surface area is 111 Å². The van der Waals surface area contributed by atoms with Crippen LogP contribution in [0.5, 0.6) is 0 Å². The van der Waals surface area contributed by atoms with Crippen LogP contribution in [0.25, 0.3) is 0 Å². The van der Waals surface area contributed by atoms with Crippen LogP contribution in [-0.2, 0) is 17.9 Å². The van der Waals surface area contributed by atoms with Gasteiger partial charge in [0.25, 0.3) is 5.91 Å². The highest BCUT2D eigenvalue weighted by Crippen LogP contribution is 2.09. The van der Waals surface area contributed by atoms with Gasteiger partial charge in [-0.25, -0.2) is 4.98 Å². The minimum Gasteiger partial charge on any atom is -0.380 e. The summed E-state index contributed by atoms with van der Waals surface area (Å²) in [6.07, 6.45) is 0. The highest BCUT2D eigenvalue weighted by atomic mass is 16.5. The quantitative estimate of drug-likeness (QED) is 0.846. The van der Waals surface area contributed by atoms with Crippen molar-refractivity contribution in [2.45, 2.75) is 20.1 Å². The fraction of sp³-hybridized carbons (Fsp3) is 0.308. The summed E-state index contributed by atoms with van der Waals surface area (Å²) >= 11 is 0. The zero-order valence-electron chi connectivity index (χ0n) is 10.9. The Morgan fingerprint density at radius 1 is 1.37 bits per heavy atom. The first kappa shape index (κ1) is 13.2. The molecule has 0 fully saturated rings. The van der Waals surface area contributed by atoms with Crippen molar-refractivity contribution in [2.75, 3.05) is 7.11 Å². The first-order chi connectivity index (χ1) is 9.20. The van der Waals surface area contributed by atoms with Crippen molar-refractivity contribution in [3.63, 3.8) is 0 Å². The van der Waals surface area contributed by atoms with E-state index in [4.69, 9.17) is 4.74 Å². The standard InChI is InChI=1S/C13H16N4O2/c1-9-15-12(17-16-9)13(18)14-7-10-5-3-4-6-11(10)8-19-2/h3-6H,7-8H2,1-2H3,(H,14,18)(H,15,16,17). The van der Waals surface area contributed by atoms with Gasteiger partial charge >= 0.3 is 0 Å². The van der Waals surface area contributed by atoms with E-state index in [9.17, 15) is 4.79 Å². The van der Waals surface area contributed by atoms with Crippen LogP contribution in [0.1, 0.15) is 27.6 Å². The van der Waals surface area contributed by atoms with Gasteiger partial charge in [0.05, 0.1) is 6.61 Å². The number of H-pyrrole nitrogens is 1. The van der Waals surface area contributed by atoms with Crippen LogP contribution < -0.4 is 5.32 Å². The van der Waals surface area contributed by atoms with E-state index < -0.39 is 0 Å². The fourth-order valence-electron chi connectivity index (χ4n) is 1.73. The summed E-state index contributed by atoms with van der Waals surface area (Å²) in [6, 6.07) is 7.80. The Kier molecular flexibility index (Phi) is 4.25. The topological polar surface area (TPSA) is 79.9 Å². The minimum absolute atomic E-state index is 0.154. The van der Waals surface area contributed by atoms with Crippen LogP contribution in [0.4, 0.5) is 0 Å². The molecular formula is C13H16N4O2. The van der Waals surface area contributed by atoms with E-state index in [2.05, 4.69) is 20.5 Å². The predicted octanol–water partition coefficient (Wildman–Crippen LogP) is 1.19. The second-order valence-electron chi connectivity index (χ2n) is 4.13. The molecule has 0 saturated carbocycles. The molecule has 0 atom stereocenters. The van der Waals surface area contributed by atoms with E-state index >= 15 is 0 Å². The second-order valence-corrected chi connectivity index (χ2v) is 4.13. The number of methoxy groups -OCH3 is 1. The van der Waals surface area contributed by atoms with E-state index in [1.165, 1.54) is 0 Å². The molecule has 0 bridgehead atoms. The largest absolute Gasteiger partial charge is 0.380 e. The summed E-state index contributed by atoms with van der Waals surface area (Å²) in [5.74, 6) is 0.475. The maximum atomic E-state index is 11.8. The number of carbonyl (C=O) groups is 1. The molecule has 1 aromatic carbocycles. The number of aryl methyl sites for hydroxylation is 1. The van der Waals surface area contributed by atoms with Crippen molar-refractivity contribution >= 4 is 5.91 Å². The average Bonchev–Trinajstić information content (AvgIpc) is 2.84. The lowest BCUT2D eigenvalue weighted by Gasteiger charge is -2.08. The normalized spacial score (nSPS) is 10.4. The maximum Gasteiger partial charge on any atom is 0.291 e. The first-order valence-corrected chi connectivity index (χ1v) is 5.93. The van der Waals surface area contributed by atoms with Crippen LogP contribution in [0.3, 0.4) is 0 Å². The number of ether oxygens (including phenoxy) is 1. The van der Waals surface area contributed by atoms with Crippen LogP contribution >= 0.6 is 0 Å². The summed E-state index contributed by atoms with van der Waals surface area (Å²) in [6.45, 7) is 2.69. The number of rotatable bonds is 5. The lowest BCUT2D eigenvalue weighted by atomic mass is 10.1. The van der Waals surface area contributed by atoms with E-state index in [1.807, 2.05) is 24.3 Å². The van der Waals surface area contributed by atoms with Crippen molar-refractivity contribution in [3.8, 4) is 0 Å². The maximum absolute atomic E-state index is 11.8. The summed E-state index contributed by atoms with van der Waals surface area (Å²) in [4.78, 5) is 15.8. The number of benzene rings is 1. The molecule has 0 aliphatic rings. The van der Waals surface area contributed by atoms with E-state index in [1.54, 1.807) is 14.0 Å². The monoisotopic (exact) mass is 260 g/mol. The average molecular weight is 260 g/mol. The Morgan fingerprint density at radius 3 is 2.74 bits per heavy atom. The molecule has 6 heteroatoms. The highest BCUT2D eigenvalue weighted by molar-refractivity contribution is 5.90. The Balaban J connectivity index is 2.00. The minimum atomic E-state index is -0.295. The van der Waals surface area contributed by atoms with Gasteiger partial charge in [-0.2, -0.15) is 0 Å². The predicted molar refractivity (Wildman–Crippen MR) is 69.4 cm³/mol. The summed E-state index contributed by atoms with van der Waals surface area (Å²) < 4.78 is 5.12. The SMILES string of the molecule is COCc1ccccc1CNC(=O)c1n[nH]c(C)n1. The van der Waals surface area contributed by atoms with Gasteiger partial charge in [0, 0.05) is 13.7 Å². The zero-order valence-corrected chi connectivity index (χ0v) is 10.9. The number of carbonyl (C=O) groups excluding carboxylic acids is 1. The fourth-order valence-corrected chi connectivity index (χ4v) is 1.73. The smallest absolute Gasteiger partial charge is 0.291 e.